The first-order valence-corrected chi connectivity index (χ1v) is 8.12. The number of hydrogen-bond donors (Lipinski definition) is 0. The van der Waals surface area contributed by atoms with Gasteiger partial charge in [-0.2, -0.15) is 0 Å². The van der Waals surface area contributed by atoms with Crippen molar-refractivity contribution in [2.75, 3.05) is 11.4 Å². The molecule has 1 aliphatic heterocycles. The average Bonchev–Trinajstić information content (AvgIpc) is 3.12. The number of hydrogen-bond acceptors (Lipinski definition) is 6. The van der Waals surface area contributed by atoms with E-state index in [2.05, 4.69) is 24.8 Å². The summed E-state index contributed by atoms with van der Waals surface area (Å²) in [6.45, 7) is 2.89. The Balaban J connectivity index is 1.68. The predicted octanol–water partition coefficient (Wildman–Crippen LogP) is 2.98. The van der Waals surface area contributed by atoms with Crippen molar-refractivity contribution in [3.8, 4) is 11.5 Å². The molecule has 1 aliphatic rings. The van der Waals surface area contributed by atoms with Crippen LogP contribution in [0.2, 0.25) is 0 Å². The number of aromatic nitrogens is 5. The van der Waals surface area contributed by atoms with Gasteiger partial charge in [0.05, 0.1) is 11.7 Å². The summed E-state index contributed by atoms with van der Waals surface area (Å²) in [7, 11) is 0. The Bertz CT molecular complexity index is 836. The van der Waals surface area contributed by atoms with Crippen LogP contribution in [0.4, 0.5) is 5.82 Å². The lowest BCUT2D eigenvalue weighted by Crippen LogP contribution is -2.24. The average molecular weight is 318 g/mol. The Morgan fingerprint density at radius 1 is 0.958 bits per heavy atom. The highest BCUT2D eigenvalue weighted by Gasteiger charge is 2.28. The Labute approximate surface area is 140 Å². The van der Waals surface area contributed by atoms with Gasteiger partial charge in [-0.15, -0.1) is 0 Å². The normalized spacial score (nSPS) is 17.2. The zero-order valence-electron chi connectivity index (χ0n) is 13.5. The smallest absolute Gasteiger partial charge is 0.178 e. The topological polar surface area (TPSA) is 67.7 Å². The summed E-state index contributed by atoms with van der Waals surface area (Å²) in [5, 5.41) is 0. The van der Waals surface area contributed by atoms with Gasteiger partial charge in [0, 0.05) is 25.1 Å². The molecule has 0 aromatic carbocycles. The van der Waals surface area contributed by atoms with Crippen molar-refractivity contribution in [2.45, 2.75) is 25.8 Å². The van der Waals surface area contributed by atoms with Crippen LogP contribution < -0.4 is 4.90 Å². The molecule has 6 nitrogen and oxygen atoms in total. The summed E-state index contributed by atoms with van der Waals surface area (Å²) in [4.78, 5) is 24.6. The van der Waals surface area contributed by atoms with Crippen molar-refractivity contribution in [2.24, 2.45) is 0 Å². The monoisotopic (exact) mass is 318 g/mol. The molecule has 0 radical (unpaired) electrons. The molecule has 0 spiro atoms. The molecule has 6 heteroatoms. The molecule has 4 heterocycles. The van der Waals surface area contributed by atoms with Crippen molar-refractivity contribution >= 4 is 5.82 Å². The maximum Gasteiger partial charge on any atom is 0.178 e. The van der Waals surface area contributed by atoms with Crippen LogP contribution in [0.5, 0.6) is 0 Å². The fourth-order valence-electron chi connectivity index (χ4n) is 3.13. The number of rotatable bonds is 3. The Kier molecular flexibility index (Phi) is 3.86. The van der Waals surface area contributed by atoms with Gasteiger partial charge in [-0.05, 0) is 44.0 Å². The molecule has 0 unspecified atom stereocenters. The number of anilines is 1. The molecule has 1 saturated heterocycles. The van der Waals surface area contributed by atoms with E-state index in [0.29, 0.717) is 5.82 Å². The van der Waals surface area contributed by atoms with Crippen LogP contribution >= 0.6 is 0 Å². The van der Waals surface area contributed by atoms with E-state index in [9.17, 15) is 0 Å². The first-order valence-electron chi connectivity index (χ1n) is 8.12. The summed E-state index contributed by atoms with van der Waals surface area (Å²) >= 11 is 0. The molecular weight excluding hydrogens is 300 g/mol. The molecule has 1 atom stereocenters. The van der Waals surface area contributed by atoms with Crippen molar-refractivity contribution < 1.29 is 0 Å². The first-order chi connectivity index (χ1) is 11.8. The van der Waals surface area contributed by atoms with Gasteiger partial charge in [0.2, 0.25) is 0 Å². The second-order valence-corrected chi connectivity index (χ2v) is 5.83. The van der Waals surface area contributed by atoms with Crippen molar-refractivity contribution in [3.63, 3.8) is 0 Å². The minimum absolute atomic E-state index is 0.213. The van der Waals surface area contributed by atoms with E-state index in [4.69, 9.17) is 4.98 Å². The van der Waals surface area contributed by atoms with E-state index in [1.807, 2.05) is 49.6 Å². The zero-order valence-corrected chi connectivity index (χ0v) is 13.5. The lowest BCUT2D eigenvalue weighted by Gasteiger charge is -2.25. The van der Waals surface area contributed by atoms with E-state index in [1.165, 1.54) is 0 Å². The molecule has 3 aromatic heterocycles. The van der Waals surface area contributed by atoms with Crippen LogP contribution in [-0.2, 0) is 0 Å². The van der Waals surface area contributed by atoms with Crippen LogP contribution in [0.25, 0.3) is 11.5 Å². The zero-order chi connectivity index (χ0) is 16.4. The molecule has 1 fully saturated rings. The van der Waals surface area contributed by atoms with Gasteiger partial charge in [-0.3, -0.25) is 4.98 Å². The Morgan fingerprint density at radius 2 is 1.88 bits per heavy atom. The van der Waals surface area contributed by atoms with Gasteiger partial charge in [-0.1, -0.05) is 6.07 Å². The van der Waals surface area contributed by atoms with Crippen molar-refractivity contribution in [3.05, 3.63) is 60.4 Å². The first kappa shape index (κ1) is 14.7. The summed E-state index contributed by atoms with van der Waals surface area (Å²) in [6, 6.07) is 9.94. The molecule has 0 aliphatic carbocycles. The van der Waals surface area contributed by atoms with Crippen LogP contribution in [0.3, 0.4) is 0 Å². The van der Waals surface area contributed by atoms with Gasteiger partial charge >= 0.3 is 0 Å². The van der Waals surface area contributed by atoms with Crippen LogP contribution in [-0.4, -0.2) is 31.5 Å². The maximum atomic E-state index is 4.76. The highest BCUT2D eigenvalue weighted by Crippen LogP contribution is 2.34. The molecule has 4 rings (SSSR count). The molecule has 0 amide bonds. The lowest BCUT2D eigenvalue weighted by atomic mass is 10.1. The lowest BCUT2D eigenvalue weighted by molar-refractivity contribution is 0.683. The minimum Gasteiger partial charge on any atom is -0.348 e. The molecule has 120 valence electrons. The van der Waals surface area contributed by atoms with E-state index >= 15 is 0 Å². The second-order valence-electron chi connectivity index (χ2n) is 5.83. The highest BCUT2D eigenvalue weighted by atomic mass is 15.2. The maximum absolute atomic E-state index is 4.76. The van der Waals surface area contributed by atoms with Crippen molar-refractivity contribution in [1.29, 1.82) is 0 Å². The van der Waals surface area contributed by atoms with E-state index in [-0.39, 0.29) is 6.04 Å². The van der Waals surface area contributed by atoms with Gasteiger partial charge in [0.25, 0.3) is 0 Å². The third-order valence-electron chi connectivity index (χ3n) is 4.22. The van der Waals surface area contributed by atoms with Crippen LogP contribution in [0.1, 0.15) is 30.4 Å². The van der Waals surface area contributed by atoms with Gasteiger partial charge in [0.1, 0.15) is 17.3 Å². The standard InChI is InChI=1S/C18H18N6/c1-13-19-11-8-17(22-13)24-12-4-6-16(24)14-7-10-21-18(23-14)15-5-2-3-9-20-15/h2-3,5,7-11,16H,4,6,12H2,1H3/t16-/m0/s1. The fraction of sp³-hybridized carbons (Fsp3) is 0.278. The van der Waals surface area contributed by atoms with Gasteiger partial charge in [-0.25, -0.2) is 19.9 Å². The minimum atomic E-state index is 0.213. The largest absolute Gasteiger partial charge is 0.348 e. The quantitative estimate of drug-likeness (QED) is 0.739. The Morgan fingerprint density at radius 3 is 2.71 bits per heavy atom. The number of aryl methyl sites for hydroxylation is 1. The van der Waals surface area contributed by atoms with Crippen LogP contribution in [0, 0.1) is 6.92 Å². The third-order valence-corrected chi connectivity index (χ3v) is 4.22. The van der Waals surface area contributed by atoms with E-state index in [0.717, 1.165) is 42.4 Å². The summed E-state index contributed by atoms with van der Waals surface area (Å²) in [6.07, 6.45) is 7.57. The van der Waals surface area contributed by atoms with E-state index in [1.54, 1.807) is 6.20 Å². The van der Waals surface area contributed by atoms with Crippen LogP contribution in [0.15, 0.2) is 48.9 Å². The molecule has 0 bridgehead atoms. The Hall–Kier alpha value is -2.89. The third kappa shape index (κ3) is 2.82. The van der Waals surface area contributed by atoms with Gasteiger partial charge in [0.15, 0.2) is 5.82 Å². The number of nitrogens with zero attached hydrogens (tertiary/aromatic N) is 6. The van der Waals surface area contributed by atoms with Crippen molar-refractivity contribution in [1.82, 2.24) is 24.9 Å². The molecule has 24 heavy (non-hydrogen) atoms. The fourth-order valence-corrected chi connectivity index (χ4v) is 3.13. The summed E-state index contributed by atoms with van der Waals surface area (Å²) in [5.41, 5.74) is 1.81. The molecular formula is C18H18N6. The second kappa shape index (κ2) is 6.31. The summed E-state index contributed by atoms with van der Waals surface area (Å²) < 4.78 is 0. The molecule has 0 saturated carbocycles. The van der Waals surface area contributed by atoms with E-state index < -0.39 is 0 Å². The SMILES string of the molecule is Cc1nccc(N2CCC[C@H]2c2ccnc(-c3ccccn3)n2)n1. The molecule has 3 aromatic rings. The summed E-state index contributed by atoms with van der Waals surface area (Å²) in [5.74, 6) is 2.41. The predicted molar refractivity (Wildman–Crippen MR) is 91.4 cm³/mol. The highest BCUT2D eigenvalue weighted by molar-refractivity contribution is 5.49. The van der Waals surface area contributed by atoms with Gasteiger partial charge < -0.3 is 4.90 Å². The molecule has 0 N–H and O–H groups in total. The number of pyridine rings is 1.